The van der Waals surface area contributed by atoms with Gasteiger partial charge in [-0.2, -0.15) is 0 Å². The largest absolute Gasteiger partial charge is 0.352 e. The van der Waals surface area contributed by atoms with E-state index in [1.54, 1.807) is 11.8 Å². The molecule has 6 rings (SSSR count). The van der Waals surface area contributed by atoms with Gasteiger partial charge in [0.15, 0.2) is 0 Å². The van der Waals surface area contributed by atoms with E-state index in [0.29, 0.717) is 31.9 Å². The molecule has 1 fully saturated rings. The first-order chi connectivity index (χ1) is 16.7. The van der Waals surface area contributed by atoms with Gasteiger partial charge in [-0.25, -0.2) is 19.9 Å². The van der Waals surface area contributed by atoms with Crippen LogP contribution in [-0.4, -0.2) is 51.3 Å². The van der Waals surface area contributed by atoms with Gasteiger partial charge >= 0.3 is 5.69 Å². The third-order valence-electron chi connectivity index (χ3n) is 6.28. The summed E-state index contributed by atoms with van der Waals surface area (Å²) in [5.74, 6) is 2.82. The number of anilines is 2. The molecule has 2 N–H and O–H groups in total. The van der Waals surface area contributed by atoms with Crippen LogP contribution in [-0.2, 0) is 18.6 Å². The van der Waals surface area contributed by atoms with Gasteiger partial charge in [-0.05, 0) is 37.0 Å². The minimum atomic E-state index is -0.594. The number of thioether (sulfide) groups is 1. The molecule has 11 heteroatoms. The van der Waals surface area contributed by atoms with Gasteiger partial charge in [0.2, 0.25) is 5.82 Å². The topological polar surface area (TPSA) is 111 Å². The Morgan fingerprint density at radius 2 is 1.74 bits per heavy atom. The standard InChI is InChI=1S/C23H23N7O2S2/c31-21-20(27-28-23(32)26-21)30-11-9-29(10-12-30)19-18-15-7-4-8-16(15)34-22(18)25-17(24-19)13-33-14-5-2-1-3-6-14/h1-3,5-6H,4,7-13H2,(H2,26,28,31,32). The van der Waals surface area contributed by atoms with Crippen molar-refractivity contribution in [2.45, 2.75) is 29.9 Å². The van der Waals surface area contributed by atoms with Crippen molar-refractivity contribution in [3.05, 3.63) is 67.4 Å². The lowest BCUT2D eigenvalue weighted by Crippen LogP contribution is -2.49. The second-order valence-electron chi connectivity index (χ2n) is 8.41. The molecule has 0 bridgehead atoms. The molecule has 0 atom stereocenters. The number of nitrogens with one attached hydrogen (secondary N) is 2. The third kappa shape index (κ3) is 3.98. The van der Waals surface area contributed by atoms with Crippen LogP contribution in [0.15, 0.2) is 44.8 Å². The van der Waals surface area contributed by atoms with Gasteiger partial charge in [0, 0.05) is 36.0 Å². The number of aryl methyl sites for hydroxylation is 2. The van der Waals surface area contributed by atoms with E-state index in [4.69, 9.17) is 9.97 Å². The minimum Gasteiger partial charge on any atom is -0.352 e. The summed E-state index contributed by atoms with van der Waals surface area (Å²) >= 11 is 3.56. The second kappa shape index (κ2) is 8.88. The van der Waals surface area contributed by atoms with E-state index in [2.05, 4.69) is 32.2 Å². The highest BCUT2D eigenvalue weighted by molar-refractivity contribution is 7.98. The molecule has 9 nitrogen and oxygen atoms in total. The number of aromatic nitrogens is 5. The number of aromatic amines is 2. The van der Waals surface area contributed by atoms with Crippen LogP contribution in [0.2, 0.25) is 0 Å². The number of hydrogen-bond donors (Lipinski definition) is 2. The average molecular weight is 494 g/mol. The number of fused-ring (bicyclic) bond motifs is 3. The van der Waals surface area contributed by atoms with Crippen LogP contribution in [0, 0.1) is 0 Å². The monoisotopic (exact) mass is 493 g/mol. The lowest BCUT2D eigenvalue weighted by molar-refractivity contribution is 0.632. The molecule has 1 aliphatic carbocycles. The maximum atomic E-state index is 12.2. The van der Waals surface area contributed by atoms with Crippen molar-refractivity contribution < 1.29 is 0 Å². The highest BCUT2D eigenvalue weighted by atomic mass is 32.2. The molecule has 0 spiro atoms. The molecule has 0 amide bonds. The number of benzene rings is 1. The number of piperazine rings is 1. The van der Waals surface area contributed by atoms with Crippen molar-refractivity contribution >= 4 is 45.0 Å². The van der Waals surface area contributed by atoms with Crippen LogP contribution < -0.4 is 21.0 Å². The summed E-state index contributed by atoms with van der Waals surface area (Å²) in [5.41, 5.74) is 0.360. The SMILES string of the molecule is O=c1[nH]nc(N2CCN(c3nc(CSc4ccccc4)nc4sc5c(c34)CCC5)CC2)c(=O)[nH]1. The Balaban J connectivity index is 1.29. The Labute approximate surface area is 203 Å². The van der Waals surface area contributed by atoms with Gasteiger partial charge < -0.3 is 9.80 Å². The maximum absolute atomic E-state index is 12.2. The molecule has 1 aromatic carbocycles. The van der Waals surface area contributed by atoms with Gasteiger partial charge in [0.25, 0.3) is 5.56 Å². The Morgan fingerprint density at radius 3 is 2.50 bits per heavy atom. The van der Waals surface area contributed by atoms with Gasteiger partial charge in [0.05, 0.1) is 11.1 Å². The first-order valence-electron chi connectivity index (χ1n) is 11.3. The Hall–Kier alpha value is -3.18. The molecule has 174 valence electrons. The summed E-state index contributed by atoms with van der Waals surface area (Å²) in [6.45, 7) is 2.66. The normalized spacial score (nSPS) is 15.8. The molecule has 4 aromatic rings. The molecular formula is C23H23N7O2S2. The molecule has 1 saturated heterocycles. The molecule has 3 aromatic heterocycles. The molecule has 2 aliphatic rings. The fourth-order valence-corrected chi connectivity index (χ4v) is 6.71. The summed E-state index contributed by atoms with van der Waals surface area (Å²) < 4.78 is 0. The zero-order chi connectivity index (χ0) is 23.1. The first kappa shape index (κ1) is 21.4. The number of nitrogens with zero attached hydrogens (tertiary/aromatic N) is 5. The molecule has 0 unspecified atom stereocenters. The zero-order valence-corrected chi connectivity index (χ0v) is 20.0. The lowest BCUT2D eigenvalue weighted by atomic mass is 10.1. The van der Waals surface area contributed by atoms with Crippen molar-refractivity contribution in [3.63, 3.8) is 0 Å². The smallest absolute Gasteiger partial charge is 0.342 e. The van der Waals surface area contributed by atoms with Gasteiger partial charge in [-0.3, -0.25) is 9.78 Å². The Kier molecular flexibility index (Phi) is 5.58. The third-order valence-corrected chi connectivity index (χ3v) is 8.47. The van der Waals surface area contributed by atoms with E-state index >= 15 is 0 Å². The van der Waals surface area contributed by atoms with E-state index in [9.17, 15) is 9.59 Å². The lowest BCUT2D eigenvalue weighted by Gasteiger charge is -2.35. The van der Waals surface area contributed by atoms with E-state index in [1.165, 1.54) is 27.1 Å². The van der Waals surface area contributed by atoms with Gasteiger partial charge in [0.1, 0.15) is 16.5 Å². The fourth-order valence-electron chi connectivity index (χ4n) is 4.66. The van der Waals surface area contributed by atoms with Crippen molar-refractivity contribution in [3.8, 4) is 0 Å². The average Bonchev–Trinajstić information content (AvgIpc) is 3.44. The predicted octanol–water partition coefficient (Wildman–Crippen LogP) is 2.57. The van der Waals surface area contributed by atoms with Crippen LogP contribution in [0.3, 0.4) is 0 Å². The predicted molar refractivity (Wildman–Crippen MR) is 135 cm³/mol. The van der Waals surface area contributed by atoms with Crippen molar-refractivity contribution in [2.24, 2.45) is 0 Å². The number of H-pyrrole nitrogens is 2. The Bertz CT molecular complexity index is 1460. The zero-order valence-electron chi connectivity index (χ0n) is 18.4. The number of rotatable bonds is 5. The highest BCUT2D eigenvalue weighted by Crippen LogP contribution is 2.41. The van der Waals surface area contributed by atoms with Crippen LogP contribution in [0.5, 0.6) is 0 Å². The molecular weight excluding hydrogens is 470 g/mol. The fraction of sp³-hybridized carbons (Fsp3) is 0.348. The van der Waals surface area contributed by atoms with E-state index in [-0.39, 0.29) is 5.82 Å². The Morgan fingerprint density at radius 1 is 0.971 bits per heavy atom. The summed E-state index contributed by atoms with van der Waals surface area (Å²) in [6, 6.07) is 10.3. The van der Waals surface area contributed by atoms with Crippen LogP contribution in [0.25, 0.3) is 10.2 Å². The molecule has 4 heterocycles. The van der Waals surface area contributed by atoms with E-state index < -0.39 is 11.2 Å². The van der Waals surface area contributed by atoms with Crippen LogP contribution in [0.4, 0.5) is 11.6 Å². The summed E-state index contributed by atoms with van der Waals surface area (Å²) in [6.07, 6.45) is 3.40. The van der Waals surface area contributed by atoms with Crippen molar-refractivity contribution in [2.75, 3.05) is 36.0 Å². The minimum absolute atomic E-state index is 0.253. The highest BCUT2D eigenvalue weighted by Gasteiger charge is 2.28. The van der Waals surface area contributed by atoms with Crippen molar-refractivity contribution in [1.29, 1.82) is 0 Å². The number of thiophene rings is 1. The number of hydrogen-bond acceptors (Lipinski definition) is 9. The van der Waals surface area contributed by atoms with E-state index in [1.807, 2.05) is 34.4 Å². The molecule has 0 radical (unpaired) electrons. The van der Waals surface area contributed by atoms with Crippen LogP contribution >= 0.6 is 23.1 Å². The second-order valence-corrected chi connectivity index (χ2v) is 10.5. The van der Waals surface area contributed by atoms with Crippen molar-refractivity contribution in [1.82, 2.24) is 25.1 Å². The van der Waals surface area contributed by atoms with Gasteiger partial charge in [-0.1, -0.05) is 18.2 Å². The first-order valence-corrected chi connectivity index (χ1v) is 13.1. The summed E-state index contributed by atoms with van der Waals surface area (Å²) in [4.78, 5) is 43.7. The quantitative estimate of drug-likeness (QED) is 0.408. The maximum Gasteiger partial charge on any atom is 0.342 e. The molecule has 34 heavy (non-hydrogen) atoms. The molecule has 0 saturated carbocycles. The van der Waals surface area contributed by atoms with E-state index in [0.717, 1.165) is 29.3 Å². The summed E-state index contributed by atoms with van der Waals surface area (Å²) in [7, 11) is 0. The molecule has 1 aliphatic heterocycles. The van der Waals surface area contributed by atoms with Crippen LogP contribution in [0.1, 0.15) is 22.7 Å². The summed E-state index contributed by atoms with van der Waals surface area (Å²) in [5, 5.41) is 7.49. The van der Waals surface area contributed by atoms with Gasteiger partial charge in [-0.15, -0.1) is 28.2 Å².